The second kappa shape index (κ2) is 6.41. The van der Waals surface area contributed by atoms with Crippen LogP contribution in [0.15, 0.2) is 39.5 Å². The van der Waals surface area contributed by atoms with Crippen molar-refractivity contribution in [3.8, 4) is 5.88 Å². The van der Waals surface area contributed by atoms with Gasteiger partial charge < -0.3 is 9.72 Å². The first-order chi connectivity index (χ1) is 12.1. The number of aromatic amines is 1. The van der Waals surface area contributed by atoms with Crippen molar-refractivity contribution in [3.05, 3.63) is 52.3 Å². The number of rotatable bonds is 4. The largest absolute Gasteiger partial charge is 0.481 e. The molecule has 0 spiro atoms. The van der Waals surface area contributed by atoms with E-state index in [0.717, 1.165) is 9.04 Å². The third kappa shape index (κ3) is 3.20. The molecule has 0 aliphatic heterocycles. The van der Waals surface area contributed by atoms with Gasteiger partial charge in [-0.05, 0) is 18.2 Å². The molecule has 0 fully saturated rings. The standard InChI is InChI=1S/C16H11FN4O2S2/c1-23-13-5-4-11-14(20-13)21-16(25-11)24-7-12-18-10-6-8(17)2-3-9(10)15(22)19-12/h2-6H,7H2,1H3,(H,18,19,22). The third-order valence-corrected chi connectivity index (χ3v) is 5.63. The highest BCUT2D eigenvalue weighted by Crippen LogP contribution is 2.31. The molecule has 126 valence electrons. The van der Waals surface area contributed by atoms with Gasteiger partial charge in [0.2, 0.25) is 5.88 Å². The maximum Gasteiger partial charge on any atom is 0.258 e. The van der Waals surface area contributed by atoms with E-state index in [0.29, 0.717) is 34.0 Å². The van der Waals surface area contributed by atoms with Crippen LogP contribution in [0.5, 0.6) is 5.88 Å². The first kappa shape index (κ1) is 16.0. The summed E-state index contributed by atoms with van der Waals surface area (Å²) >= 11 is 2.93. The Hall–Kier alpha value is -2.52. The predicted molar refractivity (Wildman–Crippen MR) is 95.8 cm³/mol. The molecule has 9 heteroatoms. The number of fused-ring (bicyclic) bond motifs is 2. The lowest BCUT2D eigenvalue weighted by Crippen LogP contribution is -2.11. The van der Waals surface area contributed by atoms with E-state index in [1.165, 1.54) is 41.3 Å². The molecule has 0 aliphatic carbocycles. The van der Waals surface area contributed by atoms with Gasteiger partial charge in [0.15, 0.2) is 9.99 Å². The molecule has 0 saturated heterocycles. The number of halogens is 1. The third-order valence-electron chi connectivity index (χ3n) is 3.47. The lowest BCUT2D eigenvalue weighted by molar-refractivity contribution is 0.399. The molecule has 1 aromatic carbocycles. The maximum atomic E-state index is 13.3. The number of aromatic nitrogens is 4. The van der Waals surface area contributed by atoms with E-state index in [-0.39, 0.29) is 5.56 Å². The molecule has 0 bridgehead atoms. The Kier molecular flexibility index (Phi) is 4.10. The van der Waals surface area contributed by atoms with Crippen LogP contribution in [0.25, 0.3) is 21.3 Å². The molecule has 0 amide bonds. The van der Waals surface area contributed by atoms with Crippen LogP contribution in [0.4, 0.5) is 4.39 Å². The molecule has 0 radical (unpaired) electrons. The van der Waals surface area contributed by atoms with Crippen LogP contribution in [-0.2, 0) is 5.75 Å². The number of pyridine rings is 1. The van der Waals surface area contributed by atoms with Gasteiger partial charge in [0.1, 0.15) is 11.6 Å². The molecule has 25 heavy (non-hydrogen) atoms. The second-order valence-corrected chi connectivity index (χ2v) is 7.37. The number of benzene rings is 1. The highest BCUT2D eigenvalue weighted by Gasteiger charge is 2.10. The molecule has 0 saturated carbocycles. The zero-order valence-electron chi connectivity index (χ0n) is 12.9. The van der Waals surface area contributed by atoms with Crippen LogP contribution >= 0.6 is 23.1 Å². The number of hydrogen-bond donors (Lipinski definition) is 1. The van der Waals surface area contributed by atoms with Crippen molar-refractivity contribution in [1.82, 2.24) is 19.9 Å². The molecular weight excluding hydrogens is 363 g/mol. The predicted octanol–water partition coefficient (Wildman–Crippen LogP) is 3.37. The fraction of sp³-hybridized carbons (Fsp3) is 0.125. The van der Waals surface area contributed by atoms with Gasteiger partial charge in [-0.3, -0.25) is 4.79 Å². The van der Waals surface area contributed by atoms with Crippen LogP contribution in [-0.4, -0.2) is 27.0 Å². The van der Waals surface area contributed by atoms with Crippen molar-refractivity contribution in [2.75, 3.05) is 7.11 Å². The first-order valence-corrected chi connectivity index (χ1v) is 9.05. The van der Waals surface area contributed by atoms with Crippen LogP contribution < -0.4 is 10.3 Å². The fourth-order valence-corrected chi connectivity index (χ4v) is 4.18. The number of ether oxygens (including phenoxy) is 1. The summed E-state index contributed by atoms with van der Waals surface area (Å²) in [5, 5.41) is 0.367. The second-order valence-electron chi connectivity index (χ2n) is 5.12. The van der Waals surface area contributed by atoms with E-state index in [1.807, 2.05) is 6.07 Å². The molecule has 0 aliphatic rings. The Morgan fingerprint density at radius 2 is 2.12 bits per heavy atom. The van der Waals surface area contributed by atoms with E-state index in [1.54, 1.807) is 13.2 Å². The van der Waals surface area contributed by atoms with Gasteiger partial charge in [-0.25, -0.2) is 14.4 Å². The van der Waals surface area contributed by atoms with Crippen LogP contribution in [0, 0.1) is 5.82 Å². The van der Waals surface area contributed by atoms with Crippen LogP contribution in [0.3, 0.4) is 0 Å². The smallest absolute Gasteiger partial charge is 0.258 e. The van der Waals surface area contributed by atoms with Crippen molar-refractivity contribution < 1.29 is 9.13 Å². The Bertz CT molecular complexity index is 1140. The Balaban J connectivity index is 1.60. The minimum Gasteiger partial charge on any atom is -0.481 e. The minimum absolute atomic E-state index is 0.281. The summed E-state index contributed by atoms with van der Waals surface area (Å²) in [5.41, 5.74) is 0.681. The van der Waals surface area contributed by atoms with Crippen molar-refractivity contribution >= 4 is 44.3 Å². The minimum atomic E-state index is -0.421. The SMILES string of the molecule is COc1ccc2sc(SCc3nc4cc(F)ccc4c(=O)[nH]3)nc2n1. The molecule has 0 atom stereocenters. The number of thioether (sulfide) groups is 1. The summed E-state index contributed by atoms with van der Waals surface area (Å²) < 4.78 is 20.2. The normalized spacial score (nSPS) is 11.3. The molecule has 4 aromatic rings. The molecule has 0 unspecified atom stereocenters. The van der Waals surface area contributed by atoms with Crippen molar-refractivity contribution in [1.29, 1.82) is 0 Å². The summed E-state index contributed by atoms with van der Waals surface area (Å²) in [5.74, 6) is 0.976. The fourth-order valence-electron chi connectivity index (χ4n) is 2.32. The molecule has 6 nitrogen and oxygen atoms in total. The first-order valence-electron chi connectivity index (χ1n) is 7.25. The van der Waals surface area contributed by atoms with Gasteiger partial charge in [-0.2, -0.15) is 4.98 Å². The zero-order chi connectivity index (χ0) is 17.4. The van der Waals surface area contributed by atoms with E-state index in [9.17, 15) is 9.18 Å². The van der Waals surface area contributed by atoms with Crippen molar-refractivity contribution in [2.45, 2.75) is 10.1 Å². The summed E-state index contributed by atoms with van der Waals surface area (Å²) in [6, 6.07) is 7.62. The highest BCUT2D eigenvalue weighted by molar-refractivity contribution is 8.00. The number of methoxy groups -OCH3 is 1. The van der Waals surface area contributed by atoms with Gasteiger partial charge in [-0.1, -0.05) is 11.8 Å². The number of nitrogens with zero attached hydrogens (tertiary/aromatic N) is 3. The van der Waals surface area contributed by atoms with Gasteiger partial charge >= 0.3 is 0 Å². The van der Waals surface area contributed by atoms with Crippen LogP contribution in [0.2, 0.25) is 0 Å². The monoisotopic (exact) mass is 374 g/mol. The van der Waals surface area contributed by atoms with E-state index in [4.69, 9.17) is 4.74 Å². The summed E-state index contributed by atoms with van der Waals surface area (Å²) in [6.07, 6.45) is 0. The number of hydrogen-bond acceptors (Lipinski definition) is 7. The summed E-state index contributed by atoms with van der Waals surface area (Å²) in [6.45, 7) is 0. The Morgan fingerprint density at radius 1 is 1.24 bits per heavy atom. The topological polar surface area (TPSA) is 80.8 Å². The molecule has 4 rings (SSSR count). The lowest BCUT2D eigenvalue weighted by Gasteiger charge is -2.01. The molecule has 1 N–H and O–H groups in total. The Labute approximate surface area is 149 Å². The van der Waals surface area contributed by atoms with E-state index < -0.39 is 5.82 Å². The number of H-pyrrole nitrogens is 1. The average molecular weight is 374 g/mol. The maximum absolute atomic E-state index is 13.3. The van der Waals surface area contributed by atoms with Gasteiger partial charge in [0.05, 0.1) is 28.5 Å². The molecule has 3 aromatic heterocycles. The van der Waals surface area contributed by atoms with Crippen LogP contribution in [0.1, 0.15) is 5.82 Å². The number of thiazole rings is 1. The van der Waals surface area contributed by atoms with Crippen molar-refractivity contribution in [3.63, 3.8) is 0 Å². The average Bonchev–Trinajstić information content (AvgIpc) is 3.01. The molecule has 3 heterocycles. The Morgan fingerprint density at radius 3 is 2.96 bits per heavy atom. The van der Waals surface area contributed by atoms with E-state index in [2.05, 4.69) is 19.9 Å². The van der Waals surface area contributed by atoms with Crippen molar-refractivity contribution in [2.24, 2.45) is 0 Å². The highest BCUT2D eigenvalue weighted by atomic mass is 32.2. The van der Waals surface area contributed by atoms with Gasteiger partial charge in [-0.15, -0.1) is 11.3 Å². The summed E-state index contributed by atoms with van der Waals surface area (Å²) in [4.78, 5) is 27.8. The lowest BCUT2D eigenvalue weighted by atomic mass is 10.2. The van der Waals surface area contributed by atoms with Gasteiger partial charge in [0.25, 0.3) is 5.56 Å². The molecular formula is C16H11FN4O2S2. The number of nitrogens with one attached hydrogen (secondary N) is 1. The van der Waals surface area contributed by atoms with E-state index >= 15 is 0 Å². The summed E-state index contributed by atoms with van der Waals surface area (Å²) in [7, 11) is 1.56. The van der Waals surface area contributed by atoms with Gasteiger partial charge in [0, 0.05) is 12.1 Å². The quantitative estimate of drug-likeness (QED) is 0.552. The zero-order valence-corrected chi connectivity index (χ0v) is 14.6.